The molecule has 1 aromatic heterocycles. The van der Waals surface area contributed by atoms with Gasteiger partial charge in [-0.25, -0.2) is 0 Å². The smallest absolute Gasteiger partial charge is 0.326 e. The van der Waals surface area contributed by atoms with Crippen molar-refractivity contribution in [3.63, 3.8) is 0 Å². The highest BCUT2D eigenvalue weighted by Crippen LogP contribution is 2.40. The minimum atomic E-state index is -0.514. The zero-order chi connectivity index (χ0) is 14.2. The van der Waals surface area contributed by atoms with E-state index in [0.29, 0.717) is 12.6 Å². The van der Waals surface area contributed by atoms with E-state index in [1.54, 1.807) is 6.20 Å². The summed E-state index contributed by atoms with van der Waals surface area (Å²) in [5, 5.41) is 7.88. The Morgan fingerprint density at radius 1 is 1.60 bits per heavy atom. The normalized spacial score (nSPS) is 29.6. The number of carbonyl (C=O) groups excluding carboxylic acids is 1. The molecule has 2 fully saturated rings. The molecule has 1 heterocycles. The third-order valence-corrected chi connectivity index (χ3v) is 4.57. The average molecular weight is 342 g/mol. The molecule has 20 heavy (non-hydrogen) atoms. The molecule has 0 radical (unpaired) electrons. The maximum Gasteiger partial charge on any atom is 0.326 e. The fourth-order valence-corrected chi connectivity index (χ4v) is 3.32. The van der Waals surface area contributed by atoms with Crippen molar-refractivity contribution in [1.82, 2.24) is 15.1 Å². The SMILES string of the molecule is CCOC(=O)C1(NC2CC2)CCC(n2cc(Br)cn2)C1. The van der Waals surface area contributed by atoms with Crippen LogP contribution >= 0.6 is 15.9 Å². The summed E-state index contributed by atoms with van der Waals surface area (Å²) in [7, 11) is 0. The maximum atomic E-state index is 12.4. The molecule has 0 saturated heterocycles. The Labute approximate surface area is 127 Å². The first-order chi connectivity index (χ1) is 9.63. The number of halogens is 1. The molecule has 6 heteroatoms. The first-order valence-corrected chi connectivity index (χ1v) is 8.07. The Morgan fingerprint density at radius 2 is 2.40 bits per heavy atom. The number of hydrogen-bond acceptors (Lipinski definition) is 4. The second-order valence-electron chi connectivity index (χ2n) is 5.76. The quantitative estimate of drug-likeness (QED) is 0.835. The van der Waals surface area contributed by atoms with E-state index in [1.165, 1.54) is 12.8 Å². The van der Waals surface area contributed by atoms with Gasteiger partial charge in [0.05, 0.1) is 23.3 Å². The fourth-order valence-electron chi connectivity index (χ4n) is 3.02. The molecule has 2 aliphatic carbocycles. The summed E-state index contributed by atoms with van der Waals surface area (Å²) in [4.78, 5) is 12.4. The average Bonchev–Trinajstić information content (AvgIpc) is 2.95. The van der Waals surface area contributed by atoms with Crippen LogP contribution in [-0.2, 0) is 9.53 Å². The number of carbonyl (C=O) groups is 1. The summed E-state index contributed by atoms with van der Waals surface area (Å²) in [5.41, 5.74) is -0.514. The Kier molecular flexibility index (Phi) is 3.86. The van der Waals surface area contributed by atoms with Gasteiger partial charge in [-0.1, -0.05) is 0 Å². The van der Waals surface area contributed by atoms with Crippen LogP contribution < -0.4 is 5.32 Å². The van der Waals surface area contributed by atoms with Crippen molar-refractivity contribution < 1.29 is 9.53 Å². The van der Waals surface area contributed by atoms with Gasteiger partial charge >= 0.3 is 5.97 Å². The van der Waals surface area contributed by atoms with E-state index in [0.717, 1.165) is 23.7 Å². The van der Waals surface area contributed by atoms with Gasteiger partial charge in [0.15, 0.2) is 0 Å². The number of rotatable bonds is 5. The van der Waals surface area contributed by atoms with Crippen LogP contribution in [0.3, 0.4) is 0 Å². The molecule has 5 nitrogen and oxygen atoms in total. The van der Waals surface area contributed by atoms with Gasteiger partial charge in [-0.3, -0.25) is 14.8 Å². The third kappa shape index (κ3) is 2.76. The van der Waals surface area contributed by atoms with Crippen molar-refractivity contribution in [3.8, 4) is 0 Å². The highest BCUT2D eigenvalue weighted by Gasteiger charge is 2.49. The zero-order valence-electron chi connectivity index (χ0n) is 11.6. The molecule has 0 aromatic carbocycles. The van der Waals surface area contributed by atoms with E-state index in [9.17, 15) is 4.79 Å². The molecule has 0 spiro atoms. The minimum Gasteiger partial charge on any atom is -0.465 e. The predicted octanol–water partition coefficient (Wildman–Crippen LogP) is 2.42. The van der Waals surface area contributed by atoms with Gasteiger partial charge in [-0.2, -0.15) is 5.10 Å². The third-order valence-electron chi connectivity index (χ3n) is 4.16. The van der Waals surface area contributed by atoms with Crippen molar-refractivity contribution in [2.45, 2.75) is 56.7 Å². The highest BCUT2D eigenvalue weighted by molar-refractivity contribution is 9.10. The molecule has 1 N–H and O–H groups in total. The summed E-state index contributed by atoms with van der Waals surface area (Å²) in [6, 6.07) is 0.750. The molecular formula is C14H20BrN3O2. The van der Waals surface area contributed by atoms with Gasteiger partial charge in [0.1, 0.15) is 5.54 Å². The van der Waals surface area contributed by atoms with E-state index in [-0.39, 0.29) is 12.0 Å². The molecule has 0 bridgehead atoms. The molecule has 2 unspecified atom stereocenters. The number of esters is 1. The van der Waals surface area contributed by atoms with Crippen LogP contribution in [0.2, 0.25) is 0 Å². The van der Waals surface area contributed by atoms with E-state index in [4.69, 9.17) is 4.74 Å². The topological polar surface area (TPSA) is 56.1 Å². The van der Waals surface area contributed by atoms with Crippen LogP contribution in [0.1, 0.15) is 45.1 Å². The van der Waals surface area contributed by atoms with E-state index in [1.807, 2.05) is 17.8 Å². The molecule has 0 aliphatic heterocycles. The van der Waals surface area contributed by atoms with Crippen LogP contribution in [0.5, 0.6) is 0 Å². The number of nitrogens with zero attached hydrogens (tertiary/aromatic N) is 2. The maximum absolute atomic E-state index is 12.4. The van der Waals surface area contributed by atoms with Crippen LogP contribution in [0, 0.1) is 0 Å². The zero-order valence-corrected chi connectivity index (χ0v) is 13.2. The molecular weight excluding hydrogens is 322 g/mol. The molecule has 2 saturated carbocycles. The van der Waals surface area contributed by atoms with Crippen molar-refractivity contribution in [3.05, 3.63) is 16.9 Å². The number of hydrogen-bond donors (Lipinski definition) is 1. The van der Waals surface area contributed by atoms with Crippen molar-refractivity contribution in [1.29, 1.82) is 0 Å². The van der Waals surface area contributed by atoms with Gasteiger partial charge in [0, 0.05) is 12.2 Å². The van der Waals surface area contributed by atoms with E-state index in [2.05, 4.69) is 26.3 Å². The molecule has 2 aliphatic rings. The lowest BCUT2D eigenvalue weighted by molar-refractivity contribution is -0.151. The minimum absolute atomic E-state index is 0.0966. The molecule has 1 aromatic rings. The summed E-state index contributed by atoms with van der Waals surface area (Å²) in [6.07, 6.45) is 8.63. The standard InChI is InChI=1S/C14H20BrN3O2/c1-2-20-13(19)14(17-11-3-4-11)6-5-12(7-14)18-9-10(15)8-16-18/h8-9,11-12,17H,2-7H2,1H3. The lowest BCUT2D eigenvalue weighted by Crippen LogP contribution is -2.52. The Balaban J connectivity index is 1.76. The van der Waals surface area contributed by atoms with Gasteiger partial charge in [0.25, 0.3) is 0 Å². The van der Waals surface area contributed by atoms with Crippen LogP contribution in [-0.4, -0.2) is 33.9 Å². The molecule has 2 atom stereocenters. The van der Waals surface area contributed by atoms with Crippen molar-refractivity contribution in [2.24, 2.45) is 0 Å². The summed E-state index contributed by atoms with van der Waals surface area (Å²) in [5.74, 6) is -0.0966. The summed E-state index contributed by atoms with van der Waals surface area (Å²) < 4.78 is 8.24. The monoisotopic (exact) mass is 341 g/mol. The van der Waals surface area contributed by atoms with E-state index >= 15 is 0 Å². The first-order valence-electron chi connectivity index (χ1n) is 7.27. The predicted molar refractivity (Wildman–Crippen MR) is 78.3 cm³/mol. The number of aromatic nitrogens is 2. The summed E-state index contributed by atoms with van der Waals surface area (Å²) >= 11 is 3.42. The molecule has 0 amide bonds. The fraction of sp³-hybridized carbons (Fsp3) is 0.714. The lowest BCUT2D eigenvalue weighted by atomic mass is 9.97. The van der Waals surface area contributed by atoms with Crippen molar-refractivity contribution in [2.75, 3.05) is 6.61 Å². The Bertz CT molecular complexity index is 500. The number of nitrogens with one attached hydrogen (secondary N) is 1. The highest BCUT2D eigenvalue weighted by atomic mass is 79.9. The second-order valence-corrected chi connectivity index (χ2v) is 6.67. The van der Waals surface area contributed by atoms with Crippen LogP contribution in [0.4, 0.5) is 0 Å². The van der Waals surface area contributed by atoms with Crippen LogP contribution in [0.25, 0.3) is 0 Å². The summed E-state index contributed by atoms with van der Waals surface area (Å²) in [6.45, 7) is 2.30. The molecule has 110 valence electrons. The van der Waals surface area contributed by atoms with Gasteiger partial charge in [-0.05, 0) is 55.0 Å². The second kappa shape index (κ2) is 5.48. The van der Waals surface area contributed by atoms with Crippen molar-refractivity contribution >= 4 is 21.9 Å². The van der Waals surface area contributed by atoms with Gasteiger partial charge in [0.2, 0.25) is 0 Å². The first kappa shape index (κ1) is 14.1. The van der Waals surface area contributed by atoms with Gasteiger partial charge in [-0.15, -0.1) is 0 Å². The van der Waals surface area contributed by atoms with E-state index < -0.39 is 5.54 Å². The van der Waals surface area contributed by atoms with Crippen LogP contribution in [0.15, 0.2) is 16.9 Å². The molecule has 3 rings (SSSR count). The number of ether oxygens (including phenoxy) is 1. The van der Waals surface area contributed by atoms with Gasteiger partial charge < -0.3 is 4.74 Å². The lowest BCUT2D eigenvalue weighted by Gasteiger charge is -2.28. The Hall–Kier alpha value is -0.880. The largest absolute Gasteiger partial charge is 0.465 e. The Morgan fingerprint density at radius 3 is 3.00 bits per heavy atom.